The molecule has 0 aromatic heterocycles. The van der Waals surface area contributed by atoms with E-state index in [-0.39, 0.29) is 35.1 Å². The Morgan fingerprint density at radius 3 is 2.30 bits per heavy atom. The molecule has 232 valence electrons. The molecule has 43 heavy (non-hydrogen) atoms. The summed E-state index contributed by atoms with van der Waals surface area (Å²) < 4.78 is 20.8. The third kappa shape index (κ3) is 8.12. The number of quaternary nitrogens is 2. The van der Waals surface area contributed by atoms with Gasteiger partial charge in [-0.25, -0.2) is 4.39 Å². The number of nitrogens with one attached hydrogen (secondary N) is 1. The molecule has 10 heteroatoms. The van der Waals surface area contributed by atoms with Crippen molar-refractivity contribution in [3.8, 4) is 5.75 Å². The molecule has 0 spiro atoms. The van der Waals surface area contributed by atoms with Crippen LogP contribution in [-0.4, -0.2) is 79.4 Å². The van der Waals surface area contributed by atoms with Gasteiger partial charge in [0.05, 0.1) is 13.1 Å². The smallest absolute Gasteiger partial charge is 0.254 e. The minimum atomic E-state index is -0.583. The Bertz CT molecular complexity index is 1280. The molecule has 0 radical (unpaired) electrons. The minimum absolute atomic E-state index is 0.0421. The number of hydrogen-bond donors (Lipinski definition) is 3. The first-order chi connectivity index (χ1) is 20.9. The maximum absolute atomic E-state index is 14.4. The number of unbranched alkanes of at least 4 members (excludes halogenated alkanes) is 1. The molecule has 3 aliphatic rings. The van der Waals surface area contributed by atoms with Crippen molar-refractivity contribution in [3.05, 3.63) is 58.9 Å². The molecule has 1 saturated carbocycles. The number of nitrogens with zero attached hydrogens (tertiary/aromatic N) is 2. The minimum Gasteiger partial charge on any atom is -0.484 e. The van der Waals surface area contributed by atoms with Crippen LogP contribution in [0.15, 0.2) is 36.4 Å². The molecule has 1 atom stereocenters. The van der Waals surface area contributed by atoms with Crippen LogP contribution in [0.4, 0.5) is 10.1 Å². The van der Waals surface area contributed by atoms with Gasteiger partial charge in [0.25, 0.3) is 11.8 Å². The van der Waals surface area contributed by atoms with E-state index in [1.165, 1.54) is 37.5 Å². The van der Waals surface area contributed by atoms with Crippen LogP contribution in [0.5, 0.6) is 5.75 Å². The number of amides is 3. The zero-order chi connectivity index (χ0) is 30.2. The normalized spacial score (nSPS) is 19.3. The molecule has 2 heterocycles. The quantitative estimate of drug-likeness (QED) is 0.366. The maximum atomic E-state index is 14.4. The number of ether oxygens (including phenoxy) is 1. The van der Waals surface area contributed by atoms with E-state index >= 15 is 0 Å². The van der Waals surface area contributed by atoms with Crippen molar-refractivity contribution >= 4 is 23.4 Å². The van der Waals surface area contributed by atoms with Crippen molar-refractivity contribution in [2.45, 2.75) is 69.8 Å². The van der Waals surface area contributed by atoms with Gasteiger partial charge in [-0.1, -0.05) is 19.3 Å². The lowest BCUT2D eigenvalue weighted by Gasteiger charge is -2.35. The first kappa shape index (κ1) is 30.9. The van der Waals surface area contributed by atoms with Crippen LogP contribution in [0.25, 0.3) is 0 Å². The number of benzene rings is 2. The van der Waals surface area contributed by atoms with Crippen molar-refractivity contribution in [2.24, 2.45) is 0 Å². The van der Waals surface area contributed by atoms with E-state index in [1.54, 1.807) is 9.80 Å². The highest BCUT2D eigenvalue weighted by Gasteiger charge is 2.29. The van der Waals surface area contributed by atoms with E-state index in [0.29, 0.717) is 50.5 Å². The molecule has 2 aromatic rings. The van der Waals surface area contributed by atoms with Gasteiger partial charge in [-0.15, -0.1) is 0 Å². The Kier molecular flexibility index (Phi) is 10.6. The number of rotatable bonds is 10. The van der Waals surface area contributed by atoms with E-state index in [4.69, 9.17) is 4.74 Å². The summed E-state index contributed by atoms with van der Waals surface area (Å²) in [7, 11) is 0. The molecule has 9 nitrogen and oxygen atoms in total. The van der Waals surface area contributed by atoms with Gasteiger partial charge < -0.3 is 30.9 Å². The summed E-state index contributed by atoms with van der Waals surface area (Å²) >= 11 is 0. The summed E-state index contributed by atoms with van der Waals surface area (Å²) in [5.41, 5.74) is 6.03. The SMILES string of the molecule is [NH3+]CCCCC(=O)Nc1cc(F)cc(C(=O)N2CCN(C(=O)c3ccc(O[C@H]4CC[NH2+]C4)c(C4CCCCC4)c3)CC2)c1. The van der Waals surface area contributed by atoms with Crippen LogP contribution in [0, 0.1) is 5.82 Å². The number of anilines is 1. The standard InChI is InChI=1S/C33H44FN5O4/c34-26-18-25(19-27(21-26)37-31(40)8-4-5-12-35)33(42)39-16-14-38(15-17-39)32(41)24-9-10-30(43-28-11-13-36-22-28)29(20-24)23-6-2-1-3-7-23/h9-10,18-21,23,28,36H,1-8,11-17,22,35H2,(H,37,40)/p+2/t28-/m0/s1. The van der Waals surface area contributed by atoms with Crippen LogP contribution in [0.3, 0.4) is 0 Å². The van der Waals surface area contributed by atoms with Crippen molar-refractivity contribution in [2.75, 3.05) is 51.1 Å². The fourth-order valence-electron chi connectivity index (χ4n) is 6.48. The predicted octanol–water partition coefficient (Wildman–Crippen LogP) is 2.54. The molecule has 5 rings (SSSR count). The van der Waals surface area contributed by atoms with Crippen LogP contribution in [0.2, 0.25) is 0 Å². The second kappa shape index (κ2) is 14.8. The topological polar surface area (TPSA) is 123 Å². The monoisotopic (exact) mass is 595 g/mol. The molecule has 3 amide bonds. The van der Waals surface area contributed by atoms with Crippen molar-refractivity contribution in [1.29, 1.82) is 0 Å². The third-order valence-electron chi connectivity index (χ3n) is 8.90. The van der Waals surface area contributed by atoms with Gasteiger partial charge in [0.1, 0.15) is 18.1 Å². The van der Waals surface area contributed by atoms with Gasteiger partial charge >= 0.3 is 0 Å². The van der Waals surface area contributed by atoms with Gasteiger partial charge in [-0.3, -0.25) is 14.4 Å². The maximum Gasteiger partial charge on any atom is 0.254 e. The molecular formula is C33H46FN5O4+2. The van der Waals surface area contributed by atoms with Crippen LogP contribution in [0.1, 0.15) is 90.0 Å². The van der Waals surface area contributed by atoms with Crippen molar-refractivity contribution in [1.82, 2.24) is 9.80 Å². The predicted molar refractivity (Wildman–Crippen MR) is 161 cm³/mol. The Morgan fingerprint density at radius 2 is 1.63 bits per heavy atom. The molecule has 6 N–H and O–H groups in total. The molecule has 1 aliphatic carbocycles. The number of nitrogens with two attached hydrogens (primary N) is 1. The molecule has 2 aromatic carbocycles. The van der Waals surface area contributed by atoms with Crippen LogP contribution >= 0.6 is 0 Å². The summed E-state index contributed by atoms with van der Waals surface area (Å²) in [4.78, 5) is 42.5. The molecule has 2 saturated heterocycles. The van der Waals surface area contributed by atoms with E-state index in [1.807, 2.05) is 18.2 Å². The average molecular weight is 596 g/mol. The Morgan fingerprint density at radius 1 is 0.907 bits per heavy atom. The lowest BCUT2D eigenvalue weighted by atomic mass is 9.83. The van der Waals surface area contributed by atoms with Gasteiger partial charge in [-0.2, -0.15) is 0 Å². The summed E-state index contributed by atoms with van der Waals surface area (Å²) in [6.45, 7) is 4.30. The third-order valence-corrected chi connectivity index (χ3v) is 8.90. The number of piperazine rings is 1. The van der Waals surface area contributed by atoms with Gasteiger partial charge in [-0.05, 0) is 73.6 Å². The largest absolute Gasteiger partial charge is 0.484 e. The van der Waals surface area contributed by atoms with E-state index in [9.17, 15) is 18.8 Å². The number of hydrogen-bond acceptors (Lipinski definition) is 4. The number of carbonyl (C=O) groups excluding carboxylic acids is 3. The molecule has 0 unspecified atom stereocenters. The second-order valence-electron chi connectivity index (χ2n) is 12.1. The van der Waals surface area contributed by atoms with Crippen LogP contribution in [-0.2, 0) is 4.79 Å². The van der Waals surface area contributed by atoms with Crippen molar-refractivity contribution < 1.29 is 34.6 Å². The zero-order valence-electron chi connectivity index (χ0n) is 25.1. The second-order valence-corrected chi connectivity index (χ2v) is 12.1. The summed E-state index contributed by atoms with van der Waals surface area (Å²) in [5.74, 6) is 0.172. The number of halogens is 1. The number of carbonyl (C=O) groups is 3. The highest BCUT2D eigenvalue weighted by molar-refractivity contribution is 5.98. The van der Waals surface area contributed by atoms with Crippen molar-refractivity contribution in [3.63, 3.8) is 0 Å². The van der Waals surface area contributed by atoms with Gasteiger partial charge in [0, 0.05) is 55.8 Å². The first-order valence-electron chi connectivity index (χ1n) is 16.0. The molecular weight excluding hydrogens is 549 g/mol. The summed E-state index contributed by atoms with van der Waals surface area (Å²) in [6.07, 6.45) is 9.02. The van der Waals surface area contributed by atoms with E-state index < -0.39 is 5.82 Å². The lowest BCUT2D eigenvalue weighted by molar-refractivity contribution is -0.638. The fraction of sp³-hybridized carbons (Fsp3) is 0.545. The molecule has 0 bridgehead atoms. The van der Waals surface area contributed by atoms with Crippen LogP contribution < -0.4 is 21.1 Å². The van der Waals surface area contributed by atoms with E-state index in [2.05, 4.69) is 16.4 Å². The fourth-order valence-corrected chi connectivity index (χ4v) is 6.48. The highest BCUT2D eigenvalue weighted by atomic mass is 19.1. The highest BCUT2D eigenvalue weighted by Crippen LogP contribution is 2.38. The Labute approximate surface area is 253 Å². The molecule has 2 aliphatic heterocycles. The summed E-state index contributed by atoms with van der Waals surface area (Å²) in [6, 6.07) is 9.83. The Balaban J connectivity index is 1.21. The Hall–Kier alpha value is -3.50. The average Bonchev–Trinajstić information content (AvgIpc) is 3.54. The van der Waals surface area contributed by atoms with E-state index in [0.717, 1.165) is 56.6 Å². The summed E-state index contributed by atoms with van der Waals surface area (Å²) in [5, 5.41) is 4.98. The van der Waals surface area contributed by atoms with Gasteiger partial charge in [0.15, 0.2) is 6.10 Å². The van der Waals surface area contributed by atoms with Gasteiger partial charge in [0.2, 0.25) is 5.91 Å². The first-order valence-corrected chi connectivity index (χ1v) is 16.0. The zero-order valence-corrected chi connectivity index (χ0v) is 25.1. The molecule has 3 fully saturated rings. The lowest BCUT2D eigenvalue weighted by Crippen LogP contribution is -2.81.